The van der Waals surface area contributed by atoms with Crippen molar-refractivity contribution in [2.75, 3.05) is 0 Å². The molecule has 1 aliphatic rings. The minimum atomic E-state index is -0.307. The minimum Gasteiger partial charge on any atom is -0.294 e. The fourth-order valence-corrected chi connectivity index (χ4v) is 1.06. The molecule has 1 fully saturated rings. The van der Waals surface area contributed by atoms with Crippen LogP contribution in [0.2, 0.25) is 0 Å². The quantitative estimate of drug-likeness (QED) is 0.533. The zero-order valence-electron chi connectivity index (χ0n) is 5.81. The Labute approximate surface area is 58.9 Å². The van der Waals surface area contributed by atoms with Gasteiger partial charge in [0.2, 0.25) is 0 Å². The Kier molecular flexibility index (Phi) is 1.66. The summed E-state index contributed by atoms with van der Waals surface area (Å²) < 4.78 is 0. The monoisotopic (exact) mass is 139 g/mol. The van der Waals surface area contributed by atoms with E-state index in [2.05, 4.69) is 0 Å². The highest BCUT2D eigenvalue weighted by atomic mass is 16.2. The van der Waals surface area contributed by atoms with Crippen LogP contribution >= 0.6 is 0 Å². The van der Waals surface area contributed by atoms with E-state index in [-0.39, 0.29) is 23.2 Å². The first-order valence-corrected chi connectivity index (χ1v) is 3.26. The Bertz CT molecular complexity index is 188. The maximum Gasteiger partial charge on any atom is 0.184 e. The molecule has 3 nitrogen and oxygen atoms in total. The summed E-state index contributed by atoms with van der Waals surface area (Å²) in [5, 5.41) is 6.99. The van der Waals surface area contributed by atoms with Crippen molar-refractivity contribution in [2.24, 2.45) is 5.92 Å². The van der Waals surface area contributed by atoms with E-state index >= 15 is 0 Å². The molecule has 0 atom stereocenters. The van der Waals surface area contributed by atoms with E-state index in [0.29, 0.717) is 12.8 Å². The number of rotatable bonds is 0. The summed E-state index contributed by atoms with van der Waals surface area (Å²) in [7, 11) is 0. The molecule has 1 N–H and O–H groups in total. The van der Waals surface area contributed by atoms with Crippen LogP contribution in [0.1, 0.15) is 19.8 Å². The van der Waals surface area contributed by atoms with Gasteiger partial charge in [0.05, 0.1) is 0 Å². The Morgan fingerprint density at radius 2 is 1.70 bits per heavy atom. The number of nitrogens with one attached hydrogen (secondary N) is 1. The number of carbonyl (C=O) groups excluding carboxylic acids is 2. The fourth-order valence-electron chi connectivity index (χ4n) is 1.06. The molecule has 1 rings (SSSR count). The molecule has 10 heavy (non-hydrogen) atoms. The molecule has 3 heteroatoms. The van der Waals surface area contributed by atoms with E-state index in [4.69, 9.17) is 5.41 Å². The number of ketones is 2. The smallest absolute Gasteiger partial charge is 0.184 e. The maximum absolute atomic E-state index is 10.8. The second kappa shape index (κ2) is 2.33. The fraction of sp³-hybridized carbons (Fsp3) is 0.571. The van der Waals surface area contributed by atoms with Crippen LogP contribution in [0.3, 0.4) is 0 Å². The SMILES string of the molecule is CC1CC(=O)C(=N)C(=O)C1. The summed E-state index contributed by atoms with van der Waals surface area (Å²) in [5.74, 6) is -0.471. The third-order valence-corrected chi connectivity index (χ3v) is 1.63. The Morgan fingerprint density at radius 1 is 1.30 bits per heavy atom. The van der Waals surface area contributed by atoms with Gasteiger partial charge in [0.1, 0.15) is 5.71 Å². The molecule has 0 unspecified atom stereocenters. The van der Waals surface area contributed by atoms with Crippen LogP contribution in [0, 0.1) is 11.3 Å². The van der Waals surface area contributed by atoms with Crippen LogP contribution < -0.4 is 0 Å². The van der Waals surface area contributed by atoms with E-state index in [0.717, 1.165) is 0 Å². The summed E-state index contributed by atoms with van der Waals surface area (Å²) in [4.78, 5) is 21.5. The van der Waals surface area contributed by atoms with Crippen molar-refractivity contribution in [3.8, 4) is 0 Å². The molecule has 0 aromatic rings. The third-order valence-electron chi connectivity index (χ3n) is 1.63. The molecule has 1 aliphatic carbocycles. The summed E-state index contributed by atoms with van der Waals surface area (Å²) >= 11 is 0. The van der Waals surface area contributed by atoms with E-state index in [1.807, 2.05) is 6.92 Å². The molecule has 54 valence electrons. The predicted molar refractivity (Wildman–Crippen MR) is 36.1 cm³/mol. The summed E-state index contributed by atoms with van der Waals surface area (Å²) in [5.41, 5.74) is -0.307. The van der Waals surface area contributed by atoms with Gasteiger partial charge in [-0.05, 0) is 5.92 Å². The van der Waals surface area contributed by atoms with Gasteiger partial charge >= 0.3 is 0 Å². The first-order chi connectivity index (χ1) is 4.61. The highest BCUT2D eigenvalue weighted by molar-refractivity contribution is 6.65. The lowest BCUT2D eigenvalue weighted by Crippen LogP contribution is -2.31. The van der Waals surface area contributed by atoms with Crippen molar-refractivity contribution < 1.29 is 9.59 Å². The topological polar surface area (TPSA) is 58.0 Å². The molecule has 0 bridgehead atoms. The summed E-state index contributed by atoms with van der Waals surface area (Å²) in [6, 6.07) is 0. The molecule has 0 aliphatic heterocycles. The molecule has 0 saturated heterocycles. The Balaban J connectivity index is 2.76. The highest BCUT2D eigenvalue weighted by Gasteiger charge is 2.27. The largest absolute Gasteiger partial charge is 0.294 e. The van der Waals surface area contributed by atoms with Crippen LogP contribution in [0.25, 0.3) is 0 Å². The molecule has 0 aromatic heterocycles. The minimum absolute atomic E-state index is 0.133. The van der Waals surface area contributed by atoms with Gasteiger partial charge in [0.25, 0.3) is 0 Å². The predicted octanol–water partition coefficient (Wildman–Crippen LogP) is 0.574. The summed E-state index contributed by atoms with van der Waals surface area (Å²) in [6.07, 6.45) is 0.731. The highest BCUT2D eigenvalue weighted by Crippen LogP contribution is 2.15. The first-order valence-electron chi connectivity index (χ1n) is 3.26. The second-order valence-electron chi connectivity index (χ2n) is 2.73. The average Bonchev–Trinajstić information content (AvgIpc) is 1.82. The van der Waals surface area contributed by atoms with Gasteiger partial charge in [0, 0.05) is 12.8 Å². The van der Waals surface area contributed by atoms with Crippen LogP contribution in [0.15, 0.2) is 0 Å². The van der Waals surface area contributed by atoms with Crippen LogP contribution in [-0.4, -0.2) is 17.3 Å². The zero-order chi connectivity index (χ0) is 7.72. The molecule has 0 spiro atoms. The van der Waals surface area contributed by atoms with E-state index < -0.39 is 0 Å². The lowest BCUT2D eigenvalue weighted by molar-refractivity contribution is -0.120. The zero-order valence-corrected chi connectivity index (χ0v) is 5.81. The van der Waals surface area contributed by atoms with Gasteiger partial charge < -0.3 is 0 Å². The molecule has 0 aromatic carbocycles. The van der Waals surface area contributed by atoms with Gasteiger partial charge in [-0.25, -0.2) is 0 Å². The van der Waals surface area contributed by atoms with Crippen LogP contribution in [0.4, 0.5) is 0 Å². The maximum atomic E-state index is 10.8. The molecule has 0 heterocycles. The lowest BCUT2D eigenvalue weighted by Gasteiger charge is -2.14. The van der Waals surface area contributed by atoms with Gasteiger partial charge in [-0.15, -0.1) is 0 Å². The van der Waals surface area contributed by atoms with Crippen molar-refractivity contribution in [2.45, 2.75) is 19.8 Å². The van der Waals surface area contributed by atoms with Crippen molar-refractivity contribution in [1.29, 1.82) is 5.41 Å². The molecule has 0 amide bonds. The first kappa shape index (κ1) is 7.12. The van der Waals surface area contributed by atoms with E-state index in [9.17, 15) is 9.59 Å². The second-order valence-corrected chi connectivity index (χ2v) is 2.73. The van der Waals surface area contributed by atoms with Crippen molar-refractivity contribution in [3.05, 3.63) is 0 Å². The number of hydrogen-bond acceptors (Lipinski definition) is 3. The molecular formula is C7H9NO2. The van der Waals surface area contributed by atoms with Crippen LogP contribution in [-0.2, 0) is 9.59 Å². The van der Waals surface area contributed by atoms with Crippen molar-refractivity contribution in [3.63, 3.8) is 0 Å². The van der Waals surface area contributed by atoms with Gasteiger partial charge in [-0.1, -0.05) is 6.92 Å². The number of carbonyl (C=O) groups is 2. The molecular weight excluding hydrogens is 130 g/mol. The van der Waals surface area contributed by atoms with E-state index in [1.54, 1.807) is 0 Å². The molecule has 1 saturated carbocycles. The normalized spacial score (nSPS) is 27.3. The average molecular weight is 139 g/mol. The Morgan fingerprint density at radius 3 is 2.10 bits per heavy atom. The van der Waals surface area contributed by atoms with E-state index in [1.165, 1.54) is 0 Å². The van der Waals surface area contributed by atoms with Crippen molar-refractivity contribution in [1.82, 2.24) is 0 Å². The number of Topliss-reactive ketones (excluding diaryl/α,β-unsaturated/α-hetero) is 2. The van der Waals surface area contributed by atoms with Gasteiger partial charge in [-0.3, -0.25) is 15.0 Å². The lowest BCUT2D eigenvalue weighted by atomic mass is 9.87. The van der Waals surface area contributed by atoms with Crippen LogP contribution in [0.5, 0.6) is 0 Å². The number of hydrogen-bond donors (Lipinski definition) is 1. The standard InChI is InChI=1S/C7H9NO2/c1-4-2-5(9)7(8)6(10)3-4/h4,8H,2-3H2,1H3. The van der Waals surface area contributed by atoms with Crippen molar-refractivity contribution >= 4 is 17.3 Å². The Hall–Kier alpha value is -0.990. The summed E-state index contributed by atoms with van der Waals surface area (Å²) in [6.45, 7) is 1.85. The van der Waals surface area contributed by atoms with Gasteiger partial charge in [0.15, 0.2) is 11.6 Å². The third kappa shape index (κ3) is 1.12. The van der Waals surface area contributed by atoms with Gasteiger partial charge in [-0.2, -0.15) is 0 Å². The molecule has 0 radical (unpaired) electrons.